The topological polar surface area (TPSA) is 61.4 Å². The average molecular weight is 202 g/mol. The number of aliphatic hydroxyl groups excluding tert-OH is 1. The van der Waals surface area contributed by atoms with Gasteiger partial charge in [-0.25, -0.2) is 4.79 Å². The lowest BCUT2D eigenvalue weighted by molar-refractivity contribution is 0.160. The standard InChI is InChI=1S/C10H22N2O2/c1-3-5-7-11-10(14)12-8-9(13)6-4-2/h9,13H,3-8H2,1-2H3,(H2,11,12,14). The Morgan fingerprint density at radius 2 is 2.00 bits per heavy atom. The van der Waals surface area contributed by atoms with Gasteiger partial charge in [-0.3, -0.25) is 0 Å². The van der Waals surface area contributed by atoms with E-state index in [9.17, 15) is 9.90 Å². The predicted molar refractivity (Wildman–Crippen MR) is 57.2 cm³/mol. The van der Waals surface area contributed by atoms with Crippen molar-refractivity contribution in [3.05, 3.63) is 0 Å². The number of unbranched alkanes of at least 4 members (excludes halogenated alkanes) is 1. The molecule has 0 heterocycles. The number of urea groups is 1. The third kappa shape index (κ3) is 7.86. The molecule has 0 saturated carbocycles. The van der Waals surface area contributed by atoms with Crippen LogP contribution in [-0.4, -0.2) is 30.3 Å². The number of nitrogens with one attached hydrogen (secondary N) is 2. The summed E-state index contributed by atoms with van der Waals surface area (Å²) >= 11 is 0. The summed E-state index contributed by atoms with van der Waals surface area (Å²) in [4.78, 5) is 11.1. The van der Waals surface area contributed by atoms with Crippen LogP contribution in [0.1, 0.15) is 39.5 Å². The van der Waals surface area contributed by atoms with Crippen LogP contribution < -0.4 is 10.6 Å². The smallest absolute Gasteiger partial charge is 0.314 e. The van der Waals surface area contributed by atoms with Gasteiger partial charge in [0, 0.05) is 13.1 Å². The molecule has 0 rings (SSSR count). The molecule has 1 atom stereocenters. The van der Waals surface area contributed by atoms with E-state index in [1.54, 1.807) is 0 Å². The summed E-state index contributed by atoms with van der Waals surface area (Å²) in [7, 11) is 0. The second-order valence-corrected chi connectivity index (χ2v) is 3.43. The van der Waals surface area contributed by atoms with E-state index in [-0.39, 0.29) is 6.03 Å². The van der Waals surface area contributed by atoms with Crippen molar-refractivity contribution in [2.24, 2.45) is 0 Å². The van der Waals surface area contributed by atoms with Crippen molar-refractivity contribution in [1.82, 2.24) is 10.6 Å². The van der Waals surface area contributed by atoms with Crippen LogP contribution >= 0.6 is 0 Å². The summed E-state index contributed by atoms with van der Waals surface area (Å²) in [6.07, 6.45) is 3.30. The molecule has 1 unspecified atom stereocenters. The summed E-state index contributed by atoms with van der Waals surface area (Å²) in [6.45, 7) is 5.12. The van der Waals surface area contributed by atoms with Crippen LogP contribution in [0.2, 0.25) is 0 Å². The molecule has 14 heavy (non-hydrogen) atoms. The van der Waals surface area contributed by atoms with E-state index in [1.165, 1.54) is 0 Å². The Balaban J connectivity index is 3.34. The Hall–Kier alpha value is -0.770. The highest BCUT2D eigenvalue weighted by atomic mass is 16.3. The number of aliphatic hydroxyl groups is 1. The Morgan fingerprint density at radius 1 is 1.29 bits per heavy atom. The van der Waals surface area contributed by atoms with Gasteiger partial charge in [0.25, 0.3) is 0 Å². The van der Waals surface area contributed by atoms with Crippen molar-refractivity contribution in [2.45, 2.75) is 45.6 Å². The number of hydrogen-bond donors (Lipinski definition) is 3. The lowest BCUT2D eigenvalue weighted by Crippen LogP contribution is -2.40. The molecule has 0 spiro atoms. The Morgan fingerprint density at radius 3 is 2.57 bits per heavy atom. The Kier molecular flexibility index (Phi) is 8.33. The molecule has 0 aromatic heterocycles. The van der Waals surface area contributed by atoms with Gasteiger partial charge in [-0.05, 0) is 12.8 Å². The van der Waals surface area contributed by atoms with E-state index in [2.05, 4.69) is 17.6 Å². The van der Waals surface area contributed by atoms with Crippen molar-refractivity contribution in [1.29, 1.82) is 0 Å². The van der Waals surface area contributed by atoms with Crippen molar-refractivity contribution < 1.29 is 9.90 Å². The quantitative estimate of drug-likeness (QED) is 0.544. The van der Waals surface area contributed by atoms with Crippen LogP contribution in [-0.2, 0) is 0 Å². The van der Waals surface area contributed by atoms with Gasteiger partial charge in [0.1, 0.15) is 0 Å². The minimum Gasteiger partial charge on any atom is -0.391 e. The predicted octanol–water partition coefficient (Wildman–Crippen LogP) is 1.25. The van der Waals surface area contributed by atoms with Gasteiger partial charge in [0.2, 0.25) is 0 Å². The van der Waals surface area contributed by atoms with Gasteiger partial charge in [0.15, 0.2) is 0 Å². The molecule has 0 aliphatic rings. The minimum absolute atomic E-state index is 0.186. The lowest BCUT2D eigenvalue weighted by Gasteiger charge is -2.11. The molecule has 0 radical (unpaired) electrons. The second-order valence-electron chi connectivity index (χ2n) is 3.43. The first-order valence-corrected chi connectivity index (χ1v) is 5.40. The molecule has 2 amide bonds. The normalized spacial score (nSPS) is 12.2. The third-order valence-corrected chi connectivity index (χ3v) is 1.94. The molecule has 4 heteroatoms. The fourth-order valence-corrected chi connectivity index (χ4v) is 1.09. The molecule has 0 fully saturated rings. The molecule has 0 saturated heterocycles. The highest BCUT2D eigenvalue weighted by Gasteiger charge is 2.04. The van der Waals surface area contributed by atoms with Crippen LogP contribution in [0.25, 0.3) is 0 Å². The van der Waals surface area contributed by atoms with Crippen LogP contribution in [0.15, 0.2) is 0 Å². The molecular weight excluding hydrogens is 180 g/mol. The van der Waals surface area contributed by atoms with Gasteiger partial charge in [-0.1, -0.05) is 26.7 Å². The number of carbonyl (C=O) groups excluding carboxylic acids is 1. The molecule has 0 bridgehead atoms. The lowest BCUT2D eigenvalue weighted by atomic mass is 10.2. The molecular formula is C10H22N2O2. The van der Waals surface area contributed by atoms with Crippen molar-refractivity contribution in [3.8, 4) is 0 Å². The summed E-state index contributed by atoms with van der Waals surface area (Å²) in [5.74, 6) is 0. The third-order valence-electron chi connectivity index (χ3n) is 1.94. The SMILES string of the molecule is CCCCNC(=O)NCC(O)CCC. The summed E-state index contributed by atoms with van der Waals surface area (Å²) in [5.41, 5.74) is 0. The number of hydrogen-bond acceptors (Lipinski definition) is 2. The molecule has 0 aromatic rings. The Labute approximate surface area is 86.1 Å². The monoisotopic (exact) mass is 202 g/mol. The molecule has 0 aromatic carbocycles. The molecule has 84 valence electrons. The highest BCUT2D eigenvalue weighted by Crippen LogP contribution is 1.93. The van der Waals surface area contributed by atoms with E-state index >= 15 is 0 Å². The maximum atomic E-state index is 11.1. The van der Waals surface area contributed by atoms with Gasteiger partial charge < -0.3 is 15.7 Å². The maximum absolute atomic E-state index is 11.1. The summed E-state index contributed by atoms with van der Waals surface area (Å²) < 4.78 is 0. The van der Waals surface area contributed by atoms with Crippen molar-refractivity contribution in [3.63, 3.8) is 0 Å². The largest absolute Gasteiger partial charge is 0.391 e. The van der Waals surface area contributed by atoms with Crippen molar-refractivity contribution >= 4 is 6.03 Å². The van der Waals surface area contributed by atoms with E-state index in [0.29, 0.717) is 13.1 Å². The fourth-order valence-electron chi connectivity index (χ4n) is 1.09. The zero-order valence-corrected chi connectivity index (χ0v) is 9.18. The van der Waals surface area contributed by atoms with E-state index in [0.717, 1.165) is 25.7 Å². The number of carbonyl (C=O) groups is 1. The van der Waals surface area contributed by atoms with Gasteiger partial charge in [-0.2, -0.15) is 0 Å². The van der Waals surface area contributed by atoms with E-state index in [4.69, 9.17) is 0 Å². The van der Waals surface area contributed by atoms with Crippen LogP contribution in [0.4, 0.5) is 4.79 Å². The molecule has 4 nitrogen and oxygen atoms in total. The minimum atomic E-state index is -0.420. The second kappa shape index (κ2) is 8.81. The highest BCUT2D eigenvalue weighted by molar-refractivity contribution is 5.73. The summed E-state index contributed by atoms with van der Waals surface area (Å²) in [5, 5.41) is 14.7. The first-order chi connectivity index (χ1) is 6.70. The van der Waals surface area contributed by atoms with Crippen molar-refractivity contribution in [2.75, 3.05) is 13.1 Å². The number of rotatable bonds is 7. The van der Waals surface area contributed by atoms with Crippen LogP contribution in [0, 0.1) is 0 Å². The van der Waals surface area contributed by atoms with Gasteiger partial charge >= 0.3 is 6.03 Å². The van der Waals surface area contributed by atoms with Crippen LogP contribution in [0.3, 0.4) is 0 Å². The summed E-state index contributed by atoms with van der Waals surface area (Å²) in [6, 6.07) is -0.186. The molecule has 0 aliphatic heterocycles. The van der Waals surface area contributed by atoms with Gasteiger partial charge in [0.05, 0.1) is 6.10 Å². The number of amides is 2. The molecule has 0 aliphatic carbocycles. The van der Waals surface area contributed by atoms with Crippen LogP contribution in [0.5, 0.6) is 0 Å². The molecule has 3 N–H and O–H groups in total. The fraction of sp³-hybridized carbons (Fsp3) is 0.900. The first kappa shape index (κ1) is 13.2. The maximum Gasteiger partial charge on any atom is 0.314 e. The Bertz CT molecular complexity index is 151. The van der Waals surface area contributed by atoms with E-state index in [1.807, 2.05) is 6.92 Å². The first-order valence-electron chi connectivity index (χ1n) is 5.40. The average Bonchev–Trinajstić information content (AvgIpc) is 2.16. The van der Waals surface area contributed by atoms with Gasteiger partial charge in [-0.15, -0.1) is 0 Å². The zero-order valence-electron chi connectivity index (χ0n) is 9.18. The zero-order chi connectivity index (χ0) is 10.8. The van der Waals surface area contributed by atoms with E-state index < -0.39 is 6.10 Å².